The van der Waals surface area contributed by atoms with Crippen molar-refractivity contribution in [3.8, 4) is 12.1 Å². The molecule has 7 rings (SSSR count). The number of amides is 1. The van der Waals surface area contributed by atoms with Crippen molar-refractivity contribution in [1.29, 1.82) is 10.5 Å². The summed E-state index contributed by atoms with van der Waals surface area (Å²) >= 11 is 0. The molecule has 3 fully saturated rings. The van der Waals surface area contributed by atoms with Gasteiger partial charge in [0.05, 0.1) is 53.3 Å². The highest BCUT2D eigenvalue weighted by atomic mass is 19.4. The molecule has 1 saturated carbocycles. The molecule has 1 amide bonds. The van der Waals surface area contributed by atoms with Crippen LogP contribution in [0.2, 0.25) is 0 Å². The number of halogens is 3. The molecule has 2 N–H and O–H groups in total. The summed E-state index contributed by atoms with van der Waals surface area (Å²) in [6.07, 6.45) is 6.05. The molecule has 0 unspecified atom stereocenters. The second-order valence-electron chi connectivity index (χ2n) is 13.1. The average Bonchev–Trinajstić information content (AvgIpc) is 3.38. The molecule has 3 aliphatic rings. The molecular weight excluding hydrogens is 627 g/mol. The van der Waals surface area contributed by atoms with E-state index in [1.54, 1.807) is 33.9 Å². The Balaban J connectivity index is 0.940. The highest BCUT2D eigenvalue weighted by Gasteiger charge is 2.47. The maximum Gasteiger partial charge on any atom is 0.419 e. The monoisotopic (exact) mass is 661 g/mol. The number of pyridine rings is 1. The third kappa shape index (κ3) is 6.25. The summed E-state index contributed by atoms with van der Waals surface area (Å²) in [6, 6.07) is 8.14. The number of fused-ring (bicyclic) bond motifs is 1. The third-order valence-electron chi connectivity index (χ3n) is 9.60. The van der Waals surface area contributed by atoms with Crippen molar-refractivity contribution in [2.24, 2.45) is 11.3 Å². The number of nitrogens with zero attached hydrogens (tertiary/aromatic N) is 11. The molecule has 0 atom stereocenters. The minimum atomic E-state index is -4.52. The molecule has 17 heteroatoms. The first kappa shape index (κ1) is 31.4. The molecule has 6 heterocycles. The minimum Gasteiger partial charge on any atom is -0.363 e. The maximum absolute atomic E-state index is 13.2. The van der Waals surface area contributed by atoms with Crippen molar-refractivity contribution in [2.45, 2.75) is 50.4 Å². The normalized spacial score (nSPS) is 18.7. The summed E-state index contributed by atoms with van der Waals surface area (Å²) in [6.45, 7) is 3.66. The SMILES string of the molecule is N#CCC1(n2cc(C(F)(F)F)cn2)CN(c2cccn3nc(Nc4cnn(CC(=O)N5CCC(CNCC6(C#N)CC6)CC5)c4)nc23)C1. The topological polar surface area (TPSA) is 161 Å². The van der Waals surface area contributed by atoms with Crippen LogP contribution in [0, 0.1) is 34.0 Å². The first-order valence-corrected chi connectivity index (χ1v) is 15.9. The van der Waals surface area contributed by atoms with Crippen molar-refractivity contribution in [3.05, 3.63) is 48.7 Å². The van der Waals surface area contributed by atoms with Crippen LogP contribution in [0.5, 0.6) is 0 Å². The van der Waals surface area contributed by atoms with Crippen LogP contribution in [0.25, 0.3) is 5.65 Å². The van der Waals surface area contributed by atoms with Gasteiger partial charge in [-0.05, 0) is 50.3 Å². The lowest BCUT2D eigenvalue weighted by Crippen LogP contribution is -2.63. The summed E-state index contributed by atoms with van der Waals surface area (Å²) in [5.74, 6) is 0.795. The predicted octanol–water partition coefficient (Wildman–Crippen LogP) is 3.15. The lowest BCUT2D eigenvalue weighted by atomic mass is 9.86. The van der Waals surface area contributed by atoms with Gasteiger partial charge in [-0.15, -0.1) is 5.10 Å². The van der Waals surface area contributed by atoms with Crippen molar-refractivity contribution >= 4 is 28.9 Å². The molecule has 14 nitrogen and oxygen atoms in total. The second kappa shape index (κ2) is 12.1. The molecule has 250 valence electrons. The fraction of sp³-hybridized carbons (Fsp3) is 0.516. The number of nitriles is 2. The van der Waals surface area contributed by atoms with Gasteiger partial charge in [0.1, 0.15) is 12.1 Å². The number of rotatable bonds is 11. The Kier molecular flexibility index (Phi) is 7.95. The van der Waals surface area contributed by atoms with Crippen LogP contribution in [0.15, 0.2) is 43.1 Å². The number of carbonyl (C=O) groups excluding carboxylic acids is 1. The van der Waals surface area contributed by atoms with E-state index < -0.39 is 17.3 Å². The van der Waals surface area contributed by atoms with Crippen molar-refractivity contribution in [1.82, 2.24) is 44.4 Å². The van der Waals surface area contributed by atoms with Crippen LogP contribution in [0.4, 0.5) is 30.5 Å². The van der Waals surface area contributed by atoms with Crippen molar-refractivity contribution in [3.63, 3.8) is 0 Å². The van der Waals surface area contributed by atoms with Crippen LogP contribution in [0.1, 0.15) is 37.7 Å². The van der Waals surface area contributed by atoms with Gasteiger partial charge in [-0.2, -0.15) is 38.9 Å². The van der Waals surface area contributed by atoms with E-state index in [-0.39, 0.29) is 37.4 Å². The largest absolute Gasteiger partial charge is 0.419 e. The number of nitrogens with one attached hydrogen (secondary N) is 2. The Hall–Kier alpha value is -5.16. The van der Waals surface area contributed by atoms with Crippen LogP contribution in [-0.4, -0.2) is 84.2 Å². The average molecular weight is 662 g/mol. The fourth-order valence-corrected chi connectivity index (χ4v) is 6.50. The lowest BCUT2D eigenvalue weighted by molar-refractivity contribution is -0.137. The number of carbonyl (C=O) groups is 1. The summed E-state index contributed by atoms with van der Waals surface area (Å²) in [5.41, 5.74) is -0.0649. The fourth-order valence-electron chi connectivity index (χ4n) is 6.50. The van der Waals surface area contributed by atoms with Crippen LogP contribution < -0.4 is 15.5 Å². The predicted molar refractivity (Wildman–Crippen MR) is 166 cm³/mol. The van der Waals surface area contributed by atoms with E-state index in [1.807, 2.05) is 15.9 Å². The van der Waals surface area contributed by atoms with Gasteiger partial charge in [-0.3, -0.25) is 14.2 Å². The first-order valence-electron chi connectivity index (χ1n) is 15.9. The van der Waals surface area contributed by atoms with Crippen molar-refractivity contribution in [2.75, 3.05) is 49.5 Å². The Labute approximate surface area is 273 Å². The van der Waals surface area contributed by atoms with Crippen LogP contribution in [-0.2, 0) is 23.1 Å². The van der Waals surface area contributed by atoms with E-state index in [0.717, 1.165) is 51.2 Å². The van der Waals surface area contributed by atoms with E-state index in [1.165, 1.54) is 4.68 Å². The van der Waals surface area contributed by atoms with Gasteiger partial charge in [-0.1, -0.05) is 0 Å². The van der Waals surface area contributed by atoms with Gasteiger partial charge in [0, 0.05) is 51.3 Å². The van der Waals surface area contributed by atoms with Crippen molar-refractivity contribution < 1.29 is 18.0 Å². The quantitative estimate of drug-likeness (QED) is 0.244. The lowest BCUT2D eigenvalue weighted by Gasteiger charge is -2.50. The zero-order valence-corrected chi connectivity index (χ0v) is 26.1. The Morgan fingerprint density at radius 1 is 1.10 bits per heavy atom. The van der Waals surface area contributed by atoms with Gasteiger partial charge in [0.2, 0.25) is 11.9 Å². The van der Waals surface area contributed by atoms with Gasteiger partial charge in [0.15, 0.2) is 5.65 Å². The van der Waals surface area contributed by atoms with E-state index in [9.17, 15) is 28.5 Å². The summed E-state index contributed by atoms with van der Waals surface area (Å²) in [7, 11) is 0. The molecule has 1 aliphatic carbocycles. The molecule has 0 aromatic carbocycles. The molecule has 0 bridgehead atoms. The molecule has 0 spiro atoms. The van der Waals surface area contributed by atoms with Gasteiger partial charge in [-0.25, -0.2) is 4.52 Å². The molecular formula is C31H34F3N13O. The number of likely N-dealkylation sites (tertiary alicyclic amines) is 1. The summed E-state index contributed by atoms with van der Waals surface area (Å²) < 4.78 is 44.0. The number of alkyl halides is 3. The molecule has 4 aromatic rings. The standard InChI is InChI=1S/C31H34F3N13O/c32-31(33,34)23-13-39-47(15-23)30(7-8-35)20-44(21-30)25-2-1-9-46-27(25)41-28(42-46)40-24-14-38-45(16-24)17-26(48)43-10-3-22(4-11-43)12-37-19-29(18-36)5-6-29/h1-2,9,13-16,22,37H,3-7,10-12,17,19-21H2,(H,40,42). The van der Waals surface area contributed by atoms with Gasteiger partial charge in [0.25, 0.3) is 0 Å². The molecule has 48 heavy (non-hydrogen) atoms. The zero-order chi connectivity index (χ0) is 33.5. The van der Waals surface area contributed by atoms with E-state index in [0.29, 0.717) is 42.0 Å². The van der Waals surface area contributed by atoms with E-state index in [2.05, 4.69) is 43.1 Å². The third-order valence-corrected chi connectivity index (χ3v) is 9.60. The molecule has 2 saturated heterocycles. The Morgan fingerprint density at radius 2 is 1.90 bits per heavy atom. The number of anilines is 3. The summed E-state index contributed by atoms with van der Waals surface area (Å²) in [4.78, 5) is 21.4. The molecule has 0 radical (unpaired) electrons. The number of hydrogen-bond donors (Lipinski definition) is 2. The minimum absolute atomic E-state index is 0.000247. The highest BCUT2D eigenvalue weighted by molar-refractivity contribution is 5.76. The van der Waals surface area contributed by atoms with Crippen LogP contribution in [0.3, 0.4) is 0 Å². The van der Waals surface area contributed by atoms with Gasteiger partial charge >= 0.3 is 6.18 Å². The smallest absolute Gasteiger partial charge is 0.363 e. The van der Waals surface area contributed by atoms with E-state index >= 15 is 0 Å². The summed E-state index contributed by atoms with van der Waals surface area (Å²) in [5, 5.41) is 38.0. The van der Waals surface area contributed by atoms with Crippen LogP contribution >= 0.6 is 0 Å². The van der Waals surface area contributed by atoms with E-state index in [4.69, 9.17) is 0 Å². The second-order valence-corrected chi connectivity index (χ2v) is 13.1. The maximum atomic E-state index is 13.2. The highest BCUT2D eigenvalue weighted by Crippen LogP contribution is 2.44. The Morgan fingerprint density at radius 3 is 2.58 bits per heavy atom. The van der Waals surface area contributed by atoms with Gasteiger partial charge < -0.3 is 20.4 Å². The molecule has 4 aromatic heterocycles. The first-order chi connectivity index (χ1) is 23.1. The zero-order valence-electron chi connectivity index (χ0n) is 26.1. The Bertz CT molecular complexity index is 1880. The number of aromatic nitrogens is 7. The number of piperidine rings is 1. The number of hydrogen-bond acceptors (Lipinski definition) is 10. The molecule has 2 aliphatic heterocycles.